The lowest BCUT2D eigenvalue weighted by Gasteiger charge is -2.34. The summed E-state index contributed by atoms with van der Waals surface area (Å²) in [5.74, 6) is 1.71. The number of piperidine rings is 1. The van der Waals surface area contributed by atoms with Gasteiger partial charge in [-0.3, -0.25) is 4.79 Å². The Balaban J connectivity index is 0.00000131. The number of carbonyl (C=O) groups excluding carboxylic acids is 1. The topological polar surface area (TPSA) is 70.2 Å². The third kappa shape index (κ3) is 5.24. The average Bonchev–Trinajstić information content (AvgIpc) is 3.07. The zero-order chi connectivity index (χ0) is 17.1. The molecule has 1 saturated heterocycles. The zero-order valence-electron chi connectivity index (χ0n) is 15.8. The molecule has 0 radical (unpaired) electrons. The molecule has 27 heavy (non-hydrogen) atoms. The number of likely N-dealkylation sites (tertiary alicyclic amines) is 1. The van der Waals surface area contributed by atoms with Crippen LogP contribution in [0.4, 0.5) is 5.82 Å². The molecule has 0 bridgehead atoms. The fourth-order valence-electron chi connectivity index (χ4n) is 4.47. The number of hydrogen-bond donors (Lipinski definition) is 2. The maximum Gasteiger partial charge on any atom is 0.225 e. The number of halogens is 2. The highest BCUT2D eigenvalue weighted by molar-refractivity contribution is 5.85. The van der Waals surface area contributed by atoms with Gasteiger partial charge in [-0.15, -0.1) is 24.8 Å². The standard InChI is InChI=1S/C19H29N5O.2ClH/c25-19(14-3-1-2-4-14)24-11-7-15(8-12-24)23-18-16-5-9-20-10-6-17(16)21-13-22-18;;/h13-15,20H,1-12H2,(H,21,22,23);2*1H. The van der Waals surface area contributed by atoms with E-state index in [2.05, 4.69) is 25.5 Å². The van der Waals surface area contributed by atoms with Crippen LogP contribution in [0.25, 0.3) is 0 Å². The SMILES string of the molecule is Cl.Cl.O=C(C1CCCC1)N1CCC(Nc2ncnc3c2CCNCC3)CC1. The molecule has 3 aliphatic rings. The highest BCUT2D eigenvalue weighted by Gasteiger charge is 2.30. The largest absolute Gasteiger partial charge is 0.367 e. The van der Waals surface area contributed by atoms with Gasteiger partial charge in [-0.25, -0.2) is 9.97 Å². The van der Waals surface area contributed by atoms with Crippen LogP contribution < -0.4 is 10.6 Å². The molecule has 1 aromatic heterocycles. The second-order valence-corrected chi connectivity index (χ2v) is 7.62. The van der Waals surface area contributed by atoms with Crippen molar-refractivity contribution < 1.29 is 4.79 Å². The van der Waals surface area contributed by atoms with Gasteiger partial charge in [0.1, 0.15) is 12.1 Å². The van der Waals surface area contributed by atoms with Gasteiger partial charge in [-0.1, -0.05) is 12.8 Å². The Morgan fingerprint density at radius 3 is 2.48 bits per heavy atom. The first kappa shape index (κ1) is 22.2. The van der Waals surface area contributed by atoms with Gasteiger partial charge in [0, 0.05) is 43.6 Å². The minimum Gasteiger partial charge on any atom is -0.367 e. The Morgan fingerprint density at radius 1 is 1.04 bits per heavy atom. The first-order valence-corrected chi connectivity index (χ1v) is 9.90. The van der Waals surface area contributed by atoms with Crippen LogP contribution >= 0.6 is 24.8 Å². The Morgan fingerprint density at radius 2 is 1.74 bits per heavy atom. The number of aromatic nitrogens is 2. The molecule has 0 spiro atoms. The lowest BCUT2D eigenvalue weighted by molar-refractivity contribution is -0.136. The molecule has 0 aromatic carbocycles. The van der Waals surface area contributed by atoms with Crippen LogP contribution in [0, 0.1) is 5.92 Å². The molecule has 1 amide bonds. The Kier molecular flexibility index (Phi) is 8.58. The van der Waals surface area contributed by atoms with Gasteiger partial charge in [0.25, 0.3) is 0 Å². The smallest absolute Gasteiger partial charge is 0.225 e. The average molecular weight is 416 g/mol. The van der Waals surface area contributed by atoms with Crippen molar-refractivity contribution in [1.82, 2.24) is 20.2 Å². The molecule has 0 unspecified atom stereocenters. The van der Waals surface area contributed by atoms with Gasteiger partial charge in [-0.2, -0.15) is 0 Å². The summed E-state index contributed by atoms with van der Waals surface area (Å²) in [6.45, 7) is 3.73. The number of rotatable bonds is 3. The van der Waals surface area contributed by atoms with E-state index < -0.39 is 0 Å². The van der Waals surface area contributed by atoms with Crippen LogP contribution in [-0.2, 0) is 17.6 Å². The van der Waals surface area contributed by atoms with E-state index >= 15 is 0 Å². The van der Waals surface area contributed by atoms with Crippen molar-refractivity contribution >= 4 is 36.5 Å². The highest BCUT2D eigenvalue weighted by atomic mass is 35.5. The molecule has 2 aliphatic heterocycles. The molecule has 6 nitrogen and oxygen atoms in total. The molecular formula is C19H31Cl2N5O. The summed E-state index contributed by atoms with van der Waals surface area (Å²) in [6, 6.07) is 0.405. The van der Waals surface area contributed by atoms with Crippen LogP contribution in [0.5, 0.6) is 0 Å². The Hall–Kier alpha value is -1.11. The number of fused-ring (bicyclic) bond motifs is 1. The fraction of sp³-hybridized carbons (Fsp3) is 0.737. The van der Waals surface area contributed by atoms with E-state index in [1.165, 1.54) is 24.1 Å². The summed E-state index contributed by atoms with van der Waals surface area (Å²) < 4.78 is 0. The van der Waals surface area contributed by atoms with Crippen LogP contribution in [0.1, 0.15) is 49.8 Å². The maximum atomic E-state index is 12.6. The van der Waals surface area contributed by atoms with Gasteiger partial charge in [0.15, 0.2) is 0 Å². The molecule has 8 heteroatoms. The van der Waals surface area contributed by atoms with E-state index in [0.717, 1.165) is 70.5 Å². The number of amides is 1. The predicted molar refractivity (Wildman–Crippen MR) is 112 cm³/mol. The maximum absolute atomic E-state index is 12.6. The Bertz CT molecular complexity index is 616. The molecule has 152 valence electrons. The minimum atomic E-state index is 0. The quantitative estimate of drug-likeness (QED) is 0.793. The first-order chi connectivity index (χ1) is 12.3. The summed E-state index contributed by atoms with van der Waals surface area (Å²) in [7, 11) is 0. The summed E-state index contributed by atoms with van der Waals surface area (Å²) in [6.07, 6.45) is 10.3. The summed E-state index contributed by atoms with van der Waals surface area (Å²) in [4.78, 5) is 23.7. The van der Waals surface area contributed by atoms with E-state index in [0.29, 0.717) is 17.9 Å². The molecular weight excluding hydrogens is 385 g/mol. The number of hydrogen-bond acceptors (Lipinski definition) is 5. The fourth-order valence-corrected chi connectivity index (χ4v) is 4.47. The number of carbonyl (C=O) groups is 1. The summed E-state index contributed by atoms with van der Waals surface area (Å²) in [5, 5.41) is 7.08. The van der Waals surface area contributed by atoms with Gasteiger partial charge in [-0.05, 0) is 38.6 Å². The monoisotopic (exact) mass is 415 g/mol. The second kappa shape index (κ2) is 10.4. The van der Waals surface area contributed by atoms with Gasteiger partial charge >= 0.3 is 0 Å². The number of nitrogens with one attached hydrogen (secondary N) is 2. The molecule has 1 saturated carbocycles. The minimum absolute atomic E-state index is 0. The van der Waals surface area contributed by atoms with Crippen molar-refractivity contribution in [1.29, 1.82) is 0 Å². The van der Waals surface area contributed by atoms with Crippen molar-refractivity contribution in [2.45, 2.75) is 57.4 Å². The second-order valence-electron chi connectivity index (χ2n) is 7.62. The van der Waals surface area contributed by atoms with E-state index in [4.69, 9.17) is 0 Å². The molecule has 4 rings (SSSR count). The molecule has 1 aliphatic carbocycles. The summed E-state index contributed by atoms with van der Waals surface area (Å²) >= 11 is 0. The molecule has 2 N–H and O–H groups in total. The van der Waals surface area contributed by atoms with E-state index in [1.54, 1.807) is 6.33 Å². The molecule has 3 heterocycles. The van der Waals surface area contributed by atoms with Crippen molar-refractivity contribution in [3.05, 3.63) is 17.6 Å². The van der Waals surface area contributed by atoms with Crippen molar-refractivity contribution in [2.24, 2.45) is 5.92 Å². The number of nitrogens with zero attached hydrogens (tertiary/aromatic N) is 3. The van der Waals surface area contributed by atoms with Crippen molar-refractivity contribution in [2.75, 3.05) is 31.5 Å². The number of anilines is 1. The Labute approximate surface area is 174 Å². The van der Waals surface area contributed by atoms with Crippen molar-refractivity contribution in [3.8, 4) is 0 Å². The third-order valence-corrected chi connectivity index (χ3v) is 5.98. The molecule has 1 aromatic rings. The lowest BCUT2D eigenvalue weighted by Crippen LogP contribution is -2.44. The third-order valence-electron chi connectivity index (χ3n) is 5.98. The van der Waals surface area contributed by atoms with Gasteiger partial charge in [0.05, 0.1) is 5.69 Å². The lowest BCUT2D eigenvalue weighted by atomic mass is 10.0. The van der Waals surface area contributed by atoms with E-state index in [-0.39, 0.29) is 24.8 Å². The highest BCUT2D eigenvalue weighted by Crippen LogP contribution is 2.28. The molecule has 0 atom stereocenters. The first-order valence-electron chi connectivity index (χ1n) is 9.90. The predicted octanol–water partition coefficient (Wildman–Crippen LogP) is 2.60. The summed E-state index contributed by atoms with van der Waals surface area (Å²) in [5.41, 5.74) is 2.45. The van der Waals surface area contributed by atoms with E-state index in [1.807, 2.05) is 0 Å². The van der Waals surface area contributed by atoms with Crippen LogP contribution in [0.3, 0.4) is 0 Å². The zero-order valence-corrected chi connectivity index (χ0v) is 17.4. The van der Waals surface area contributed by atoms with Gasteiger partial charge in [0.2, 0.25) is 5.91 Å². The van der Waals surface area contributed by atoms with Crippen LogP contribution in [-0.4, -0.2) is 53.0 Å². The van der Waals surface area contributed by atoms with Crippen LogP contribution in [0.15, 0.2) is 6.33 Å². The van der Waals surface area contributed by atoms with E-state index in [9.17, 15) is 4.79 Å². The van der Waals surface area contributed by atoms with Crippen LogP contribution in [0.2, 0.25) is 0 Å². The normalized spacial score (nSPS) is 20.8. The molecule has 2 fully saturated rings. The van der Waals surface area contributed by atoms with Gasteiger partial charge < -0.3 is 15.5 Å². The van der Waals surface area contributed by atoms with Crippen molar-refractivity contribution in [3.63, 3.8) is 0 Å².